The molecule has 4 N–H and O–H groups in total. The van der Waals surface area contributed by atoms with Crippen LogP contribution in [-0.4, -0.2) is 35.1 Å². The second kappa shape index (κ2) is 9.60. The minimum Gasteiger partial charge on any atom is -0.396 e. The number of benzene rings is 2. The quantitative estimate of drug-likeness (QED) is 0.648. The van der Waals surface area contributed by atoms with Crippen molar-refractivity contribution in [3.63, 3.8) is 0 Å². The van der Waals surface area contributed by atoms with Gasteiger partial charge >= 0.3 is 6.03 Å². The van der Waals surface area contributed by atoms with Gasteiger partial charge in [-0.05, 0) is 48.7 Å². The van der Waals surface area contributed by atoms with Gasteiger partial charge in [-0.1, -0.05) is 35.3 Å². The van der Waals surface area contributed by atoms with Crippen LogP contribution in [-0.2, 0) is 6.54 Å². The number of anilines is 1. The molecule has 0 saturated carbocycles. The largest absolute Gasteiger partial charge is 0.396 e. The van der Waals surface area contributed by atoms with Crippen LogP contribution in [0.1, 0.15) is 27.9 Å². The molecule has 0 spiro atoms. The lowest BCUT2D eigenvalue weighted by molar-refractivity contribution is 0.0999. The van der Waals surface area contributed by atoms with Crippen molar-refractivity contribution in [3.8, 4) is 0 Å². The van der Waals surface area contributed by atoms with E-state index >= 15 is 0 Å². The molecule has 0 aromatic heterocycles. The van der Waals surface area contributed by atoms with Crippen LogP contribution in [0.15, 0.2) is 36.4 Å². The highest BCUT2D eigenvalue weighted by Crippen LogP contribution is 2.23. The number of urea groups is 1. The lowest BCUT2D eigenvalue weighted by Crippen LogP contribution is -2.35. The van der Waals surface area contributed by atoms with E-state index < -0.39 is 5.91 Å². The molecule has 27 heavy (non-hydrogen) atoms. The number of rotatable bonds is 7. The SMILES string of the molecule is Cc1ccc(NC(=O)N(CCCO)Cc2ccc(Cl)c(Cl)c2)cc1C(N)=O. The Hall–Kier alpha value is -2.28. The molecule has 0 heterocycles. The molecular weight excluding hydrogens is 389 g/mol. The Morgan fingerprint density at radius 2 is 1.89 bits per heavy atom. The predicted octanol–water partition coefficient (Wildman–Crippen LogP) is 3.82. The number of halogens is 2. The first-order chi connectivity index (χ1) is 12.8. The second-order valence-electron chi connectivity index (χ2n) is 6.07. The number of hydrogen-bond donors (Lipinski definition) is 3. The van der Waals surface area contributed by atoms with Gasteiger partial charge in [0.05, 0.1) is 10.0 Å². The second-order valence-corrected chi connectivity index (χ2v) is 6.89. The van der Waals surface area contributed by atoms with Gasteiger partial charge in [0.15, 0.2) is 0 Å². The van der Waals surface area contributed by atoms with Gasteiger partial charge in [0, 0.05) is 30.9 Å². The summed E-state index contributed by atoms with van der Waals surface area (Å²) in [5.74, 6) is -0.559. The fourth-order valence-electron chi connectivity index (χ4n) is 2.54. The molecule has 0 atom stereocenters. The fraction of sp³-hybridized carbons (Fsp3) is 0.263. The number of nitrogens with zero attached hydrogens (tertiary/aromatic N) is 1. The van der Waals surface area contributed by atoms with Crippen LogP contribution >= 0.6 is 23.2 Å². The van der Waals surface area contributed by atoms with Crippen LogP contribution < -0.4 is 11.1 Å². The Morgan fingerprint density at radius 1 is 1.15 bits per heavy atom. The number of aliphatic hydroxyl groups excluding tert-OH is 1. The van der Waals surface area contributed by atoms with E-state index in [1.54, 1.807) is 48.2 Å². The van der Waals surface area contributed by atoms with E-state index in [2.05, 4.69) is 5.32 Å². The molecular formula is C19H21Cl2N3O3. The Bertz CT molecular complexity index is 843. The number of aryl methyl sites for hydroxylation is 1. The van der Waals surface area contributed by atoms with E-state index in [1.165, 1.54) is 0 Å². The molecule has 2 aromatic carbocycles. The summed E-state index contributed by atoms with van der Waals surface area (Å²) in [7, 11) is 0. The van der Waals surface area contributed by atoms with E-state index in [4.69, 9.17) is 34.0 Å². The summed E-state index contributed by atoms with van der Waals surface area (Å²) in [4.78, 5) is 25.7. The van der Waals surface area contributed by atoms with Gasteiger partial charge in [-0.3, -0.25) is 4.79 Å². The molecule has 8 heteroatoms. The van der Waals surface area contributed by atoms with Crippen LogP contribution in [0.25, 0.3) is 0 Å². The summed E-state index contributed by atoms with van der Waals surface area (Å²) in [6, 6.07) is 9.73. The molecule has 0 saturated heterocycles. The van der Waals surface area contributed by atoms with Crippen molar-refractivity contribution < 1.29 is 14.7 Å². The monoisotopic (exact) mass is 409 g/mol. The topological polar surface area (TPSA) is 95.7 Å². The van der Waals surface area contributed by atoms with Gasteiger partial charge in [-0.2, -0.15) is 0 Å². The first-order valence-electron chi connectivity index (χ1n) is 8.33. The number of nitrogens with two attached hydrogens (primary N) is 1. The van der Waals surface area contributed by atoms with Crippen molar-refractivity contribution in [2.75, 3.05) is 18.5 Å². The lowest BCUT2D eigenvalue weighted by atomic mass is 10.1. The molecule has 2 aromatic rings. The van der Waals surface area contributed by atoms with Crippen molar-refractivity contribution in [1.29, 1.82) is 0 Å². The number of primary amides is 1. The highest BCUT2D eigenvalue weighted by molar-refractivity contribution is 6.42. The number of hydrogen-bond acceptors (Lipinski definition) is 3. The standard InChI is InChI=1S/C19H21Cl2N3O3/c1-12-3-5-14(10-15(12)18(22)26)23-19(27)24(7-2-8-25)11-13-4-6-16(20)17(21)9-13/h3-6,9-10,25H,2,7-8,11H2,1H3,(H2,22,26)(H,23,27). The molecule has 2 rings (SSSR count). The molecule has 0 fully saturated rings. The van der Waals surface area contributed by atoms with Crippen molar-refractivity contribution in [2.45, 2.75) is 19.9 Å². The van der Waals surface area contributed by atoms with Crippen LogP contribution in [0.4, 0.5) is 10.5 Å². The van der Waals surface area contributed by atoms with E-state index in [0.29, 0.717) is 34.3 Å². The summed E-state index contributed by atoms with van der Waals surface area (Å²) in [6.07, 6.45) is 0.426. The van der Waals surface area contributed by atoms with Gasteiger partial charge in [-0.25, -0.2) is 4.79 Å². The van der Waals surface area contributed by atoms with Gasteiger partial charge < -0.3 is 21.1 Å². The third-order valence-corrected chi connectivity index (χ3v) is 4.72. The van der Waals surface area contributed by atoms with Crippen molar-refractivity contribution in [2.24, 2.45) is 5.73 Å². The van der Waals surface area contributed by atoms with Gasteiger partial charge in [0.1, 0.15) is 0 Å². The van der Waals surface area contributed by atoms with Gasteiger partial charge in [-0.15, -0.1) is 0 Å². The van der Waals surface area contributed by atoms with Crippen LogP contribution in [0.2, 0.25) is 10.0 Å². The minimum absolute atomic E-state index is 0.0402. The summed E-state index contributed by atoms with van der Waals surface area (Å²) in [6.45, 7) is 2.36. The number of nitrogens with one attached hydrogen (secondary N) is 1. The number of carbonyl (C=O) groups is 2. The minimum atomic E-state index is -0.559. The highest BCUT2D eigenvalue weighted by Gasteiger charge is 2.16. The molecule has 0 aliphatic carbocycles. The van der Waals surface area contributed by atoms with Gasteiger partial charge in [0.25, 0.3) is 0 Å². The van der Waals surface area contributed by atoms with Crippen LogP contribution in [0.3, 0.4) is 0 Å². The zero-order valence-corrected chi connectivity index (χ0v) is 16.3. The van der Waals surface area contributed by atoms with Crippen molar-refractivity contribution >= 4 is 40.8 Å². The zero-order valence-electron chi connectivity index (χ0n) is 14.8. The van der Waals surface area contributed by atoms with Gasteiger partial charge in [0.2, 0.25) is 5.91 Å². The maximum absolute atomic E-state index is 12.7. The summed E-state index contributed by atoms with van der Waals surface area (Å²) in [5, 5.41) is 12.7. The summed E-state index contributed by atoms with van der Waals surface area (Å²) >= 11 is 12.0. The normalized spacial score (nSPS) is 10.5. The van der Waals surface area contributed by atoms with Crippen molar-refractivity contribution in [1.82, 2.24) is 4.90 Å². The summed E-state index contributed by atoms with van der Waals surface area (Å²) < 4.78 is 0. The van der Waals surface area contributed by atoms with E-state index in [1.807, 2.05) is 0 Å². The average Bonchev–Trinajstić information content (AvgIpc) is 2.62. The Labute approximate surface area is 167 Å². The zero-order chi connectivity index (χ0) is 20.0. The first-order valence-corrected chi connectivity index (χ1v) is 9.08. The molecule has 0 radical (unpaired) electrons. The average molecular weight is 410 g/mol. The third kappa shape index (κ3) is 5.85. The molecule has 3 amide bonds. The maximum atomic E-state index is 12.7. The Morgan fingerprint density at radius 3 is 2.52 bits per heavy atom. The lowest BCUT2D eigenvalue weighted by Gasteiger charge is -2.23. The highest BCUT2D eigenvalue weighted by atomic mass is 35.5. The number of aliphatic hydroxyl groups is 1. The summed E-state index contributed by atoms with van der Waals surface area (Å²) in [5.41, 5.74) is 7.70. The molecule has 0 bridgehead atoms. The fourth-order valence-corrected chi connectivity index (χ4v) is 2.86. The first kappa shape index (κ1) is 21.0. The van der Waals surface area contributed by atoms with E-state index in [0.717, 1.165) is 11.1 Å². The van der Waals surface area contributed by atoms with Crippen LogP contribution in [0, 0.1) is 6.92 Å². The van der Waals surface area contributed by atoms with E-state index in [9.17, 15) is 9.59 Å². The predicted molar refractivity (Wildman–Crippen MR) is 107 cm³/mol. The molecule has 144 valence electrons. The maximum Gasteiger partial charge on any atom is 0.322 e. The Kier molecular flexibility index (Phi) is 7.47. The molecule has 0 unspecified atom stereocenters. The number of carbonyl (C=O) groups excluding carboxylic acids is 2. The third-order valence-electron chi connectivity index (χ3n) is 3.99. The number of amides is 3. The smallest absolute Gasteiger partial charge is 0.322 e. The van der Waals surface area contributed by atoms with Crippen molar-refractivity contribution in [3.05, 3.63) is 63.1 Å². The van der Waals surface area contributed by atoms with E-state index in [-0.39, 0.29) is 19.2 Å². The Balaban J connectivity index is 2.17. The van der Waals surface area contributed by atoms with Crippen LogP contribution in [0.5, 0.6) is 0 Å². The molecule has 6 nitrogen and oxygen atoms in total. The molecule has 0 aliphatic rings. The molecule has 0 aliphatic heterocycles.